The second kappa shape index (κ2) is 14.4. The number of ether oxygens (including phenoxy) is 3. The van der Waals surface area contributed by atoms with E-state index < -0.39 is 0 Å². The van der Waals surface area contributed by atoms with Crippen LogP contribution in [0.25, 0.3) is 0 Å². The number of nitrogens with one attached hydrogen (secondary N) is 1. The zero-order valence-corrected chi connectivity index (χ0v) is 26.3. The van der Waals surface area contributed by atoms with Crippen LogP contribution in [0.1, 0.15) is 63.7 Å². The van der Waals surface area contributed by atoms with Gasteiger partial charge in [0, 0.05) is 88.3 Å². The van der Waals surface area contributed by atoms with Crippen LogP contribution in [0.4, 0.5) is 0 Å². The van der Waals surface area contributed by atoms with Gasteiger partial charge in [-0.25, -0.2) is 0 Å². The molecule has 2 fully saturated rings. The first-order chi connectivity index (χ1) is 20.1. The summed E-state index contributed by atoms with van der Waals surface area (Å²) in [5.41, 5.74) is 0.294. The fourth-order valence-electron chi connectivity index (χ4n) is 5.86. The number of carbonyl (C=O) groups excluding carboxylic acids is 2. The molecule has 1 saturated carbocycles. The minimum atomic E-state index is -0.285. The fraction of sp³-hybridized carbons (Fsp3) is 0.636. The Morgan fingerprint density at radius 2 is 1.71 bits per heavy atom. The standard InChI is InChI=1S/C33H50N4O5/c1-24(2)36(32(39)25-10-13-29(41-6)30(18-25)42-17-9-16-40-5)22-26-20-34-21-27(26)23-37(28-11-12-28)31(38)19-33(3,4)35-14-7-8-15-35/h7-8,10,13-15,18,24,26-28,34H,9,11-12,16-17,19-23H2,1-6H3/t26-,27+/m0/s1. The van der Waals surface area contributed by atoms with E-state index in [-0.39, 0.29) is 35.2 Å². The third-order valence-electron chi connectivity index (χ3n) is 8.58. The lowest BCUT2D eigenvalue weighted by atomic mass is 9.93. The topological polar surface area (TPSA) is 85.3 Å². The van der Waals surface area contributed by atoms with Gasteiger partial charge < -0.3 is 33.9 Å². The van der Waals surface area contributed by atoms with Gasteiger partial charge in [-0.2, -0.15) is 0 Å². The zero-order valence-electron chi connectivity index (χ0n) is 26.3. The van der Waals surface area contributed by atoms with Crippen molar-refractivity contribution in [2.75, 3.05) is 53.6 Å². The minimum Gasteiger partial charge on any atom is -0.493 e. The van der Waals surface area contributed by atoms with Crippen molar-refractivity contribution in [3.05, 3.63) is 48.3 Å². The summed E-state index contributed by atoms with van der Waals surface area (Å²) in [7, 11) is 3.27. The smallest absolute Gasteiger partial charge is 0.254 e. The fourth-order valence-corrected chi connectivity index (χ4v) is 5.86. The van der Waals surface area contributed by atoms with Gasteiger partial charge >= 0.3 is 0 Å². The summed E-state index contributed by atoms with van der Waals surface area (Å²) in [6, 6.07) is 9.76. The maximum atomic E-state index is 13.8. The van der Waals surface area contributed by atoms with Gasteiger partial charge in [0.25, 0.3) is 5.91 Å². The lowest BCUT2D eigenvalue weighted by Crippen LogP contribution is -2.46. The number of benzene rings is 1. The Kier molecular flexibility index (Phi) is 11.0. The highest BCUT2D eigenvalue weighted by molar-refractivity contribution is 5.95. The van der Waals surface area contributed by atoms with E-state index in [0.717, 1.165) is 38.9 Å². The molecule has 9 nitrogen and oxygen atoms in total. The first-order valence-corrected chi connectivity index (χ1v) is 15.4. The van der Waals surface area contributed by atoms with Crippen molar-refractivity contribution in [1.82, 2.24) is 19.7 Å². The third kappa shape index (κ3) is 8.07. The summed E-state index contributed by atoms with van der Waals surface area (Å²) >= 11 is 0. The van der Waals surface area contributed by atoms with Crippen molar-refractivity contribution in [1.29, 1.82) is 0 Å². The molecule has 2 heterocycles. The molecule has 42 heavy (non-hydrogen) atoms. The molecule has 1 aromatic heterocycles. The number of methoxy groups -OCH3 is 2. The molecule has 2 aromatic rings. The minimum absolute atomic E-state index is 0.0236. The number of aromatic nitrogens is 1. The molecule has 0 radical (unpaired) electrons. The van der Waals surface area contributed by atoms with Crippen LogP contribution in [0, 0.1) is 11.8 Å². The highest BCUT2D eigenvalue weighted by Gasteiger charge is 2.40. The van der Waals surface area contributed by atoms with Crippen molar-refractivity contribution < 1.29 is 23.8 Å². The SMILES string of the molecule is COCCCOc1cc(C(=O)N(C[C@@H]2CNC[C@@H]2CN(C(=O)CC(C)(C)n2cccc2)C2CC2)C(C)C)ccc1OC. The van der Waals surface area contributed by atoms with E-state index in [1.54, 1.807) is 26.4 Å². The molecule has 1 saturated heterocycles. The van der Waals surface area contributed by atoms with Gasteiger partial charge in [-0.3, -0.25) is 9.59 Å². The highest BCUT2D eigenvalue weighted by Crippen LogP contribution is 2.33. The van der Waals surface area contributed by atoms with Crippen LogP contribution in [-0.2, 0) is 15.1 Å². The van der Waals surface area contributed by atoms with Crippen LogP contribution in [0.2, 0.25) is 0 Å². The Labute approximate surface area is 251 Å². The molecule has 1 aliphatic carbocycles. The molecule has 1 N–H and O–H groups in total. The molecular weight excluding hydrogens is 532 g/mol. The second-order valence-corrected chi connectivity index (χ2v) is 12.6. The van der Waals surface area contributed by atoms with Crippen LogP contribution >= 0.6 is 0 Å². The van der Waals surface area contributed by atoms with Gasteiger partial charge in [0.15, 0.2) is 11.5 Å². The monoisotopic (exact) mass is 582 g/mol. The quantitative estimate of drug-likeness (QED) is 0.295. The number of amides is 2. The molecule has 0 unspecified atom stereocenters. The number of carbonyl (C=O) groups is 2. The lowest BCUT2D eigenvalue weighted by Gasteiger charge is -2.35. The Morgan fingerprint density at radius 3 is 2.33 bits per heavy atom. The predicted molar refractivity (Wildman–Crippen MR) is 164 cm³/mol. The predicted octanol–water partition coefficient (Wildman–Crippen LogP) is 4.41. The van der Waals surface area contributed by atoms with E-state index in [0.29, 0.717) is 49.3 Å². The van der Waals surface area contributed by atoms with Crippen molar-refractivity contribution >= 4 is 11.8 Å². The molecular formula is C33H50N4O5. The molecule has 9 heteroatoms. The Balaban J connectivity index is 1.43. The van der Waals surface area contributed by atoms with Crippen LogP contribution in [0.5, 0.6) is 11.5 Å². The van der Waals surface area contributed by atoms with E-state index in [1.165, 1.54) is 0 Å². The van der Waals surface area contributed by atoms with Crippen LogP contribution in [0.3, 0.4) is 0 Å². The van der Waals surface area contributed by atoms with Gasteiger partial charge in [0.2, 0.25) is 5.91 Å². The zero-order chi connectivity index (χ0) is 30.3. The first-order valence-electron chi connectivity index (χ1n) is 15.4. The summed E-state index contributed by atoms with van der Waals surface area (Å²) in [4.78, 5) is 31.6. The molecule has 0 spiro atoms. The second-order valence-electron chi connectivity index (χ2n) is 12.6. The lowest BCUT2D eigenvalue weighted by molar-refractivity contribution is -0.134. The largest absolute Gasteiger partial charge is 0.493 e. The Hall–Kier alpha value is -3.04. The third-order valence-corrected chi connectivity index (χ3v) is 8.58. The molecule has 1 aliphatic heterocycles. The van der Waals surface area contributed by atoms with E-state index in [9.17, 15) is 9.59 Å². The molecule has 232 valence electrons. The first kappa shape index (κ1) is 31.9. The normalized spacial score (nSPS) is 18.7. The van der Waals surface area contributed by atoms with E-state index in [1.807, 2.05) is 35.5 Å². The Morgan fingerprint density at radius 1 is 1.02 bits per heavy atom. The molecule has 1 aromatic carbocycles. The van der Waals surface area contributed by atoms with Crippen molar-refractivity contribution in [2.45, 2.75) is 71.0 Å². The molecule has 4 rings (SSSR count). The van der Waals surface area contributed by atoms with Crippen molar-refractivity contribution in [3.8, 4) is 11.5 Å². The number of hydrogen-bond acceptors (Lipinski definition) is 6. The van der Waals surface area contributed by atoms with Crippen molar-refractivity contribution in [3.63, 3.8) is 0 Å². The van der Waals surface area contributed by atoms with Gasteiger partial charge in [0.05, 0.1) is 13.7 Å². The molecule has 2 atom stereocenters. The van der Waals surface area contributed by atoms with Crippen LogP contribution in [0.15, 0.2) is 42.7 Å². The van der Waals surface area contributed by atoms with E-state index >= 15 is 0 Å². The molecule has 2 amide bonds. The Bertz CT molecular complexity index is 1160. The maximum absolute atomic E-state index is 13.8. The molecule has 2 aliphatic rings. The van der Waals surface area contributed by atoms with E-state index in [2.05, 4.69) is 42.5 Å². The summed E-state index contributed by atoms with van der Waals surface area (Å²) < 4.78 is 18.7. The van der Waals surface area contributed by atoms with Gasteiger partial charge in [-0.1, -0.05) is 0 Å². The maximum Gasteiger partial charge on any atom is 0.254 e. The van der Waals surface area contributed by atoms with Gasteiger partial charge in [-0.05, 0) is 82.7 Å². The van der Waals surface area contributed by atoms with Gasteiger partial charge in [0.1, 0.15) is 0 Å². The summed E-state index contributed by atoms with van der Waals surface area (Å²) in [5, 5.41) is 3.55. The summed E-state index contributed by atoms with van der Waals surface area (Å²) in [6.07, 6.45) is 7.42. The summed E-state index contributed by atoms with van der Waals surface area (Å²) in [6.45, 7) is 12.5. The summed E-state index contributed by atoms with van der Waals surface area (Å²) in [5.74, 6) is 1.90. The van der Waals surface area contributed by atoms with Crippen molar-refractivity contribution in [2.24, 2.45) is 11.8 Å². The van der Waals surface area contributed by atoms with Crippen LogP contribution < -0.4 is 14.8 Å². The number of rotatable bonds is 16. The average Bonchev–Trinajstić information content (AvgIpc) is 3.43. The number of nitrogens with zero attached hydrogens (tertiary/aromatic N) is 3. The average molecular weight is 583 g/mol. The highest BCUT2D eigenvalue weighted by atomic mass is 16.5. The number of hydrogen-bond donors (Lipinski definition) is 1. The van der Waals surface area contributed by atoms with Gasteiger partial charge in [-0.15, -0.1) is 0 Å². The molecule has 0 bridgehead atoms. The van der Waals surface area contributed by atoms with E-state index in [4.69, 9.17) is 14.2 Å². The van der Waals surface area contributed by atoms with Crippen LogP contribution in [-0.4, -0.2) is 91.9 Å².